The summed E-state index contributed by atoms with van der Waals surface area (Å²) < 4.78 is 53.4. The molecular formula is C26H26ClF2N5O5. The Morgan fingerprint density at radius 1 is 1.08 bits per heavy atom. The van der Waals surface area contributed by atoms with E-state index in [0.29, 0.717) is 9.92 Å². The second-order valence-corrected chi connectivity index (χ2v) is 10.2. The number of carbonyl (C=O) groups is 4. The number of nitrogens with zero attached hydrogens (tertiary/aromatic N) is 4. The molecule has 3 heterocycles. The average Bonchev–Trinajstić information content (AvgIpc) is 2.82. The number of hydrogen-bond donors (Lipinski definition) is 2. The summed E-state index contributed by atoms with van der Waals surface area (Å²) in [5, 5.41) is 12.3. The van der Waals surface area contributed by atoms with Gasteiger partial charge < -0.3 is 14.9 Å². The van der Waals surface area contributed by atoms with Gasteiger partial charge in [-0.1, -0.05) is 11.6 Å². The van der Waals surface area contributed by atoms with Crippen molar-refractivity contribution in [2.75, 3.05) is 43.0 Å². The number of benzene rings is 2. The first kappa shape index (κ1) is 23.0. The van der Waals surface area contributed by atoms with Crippen molar-refractivity contribution >= 4 is 46.9 Å². The fourth-order valence-corrected chi connectivity index (χ4v) is 5.26. The zero-order valence-electron chi connectivity index (χ0n) is 23.4. The summed E-state index contributed by atoms with van der Waals surface area (Å²) in [6, 6.07) is 5.91. The van der Waals surface area contributed by atoms with Crippen LogP contribution >= 0.6 is 11.6 Å². The lowest BCUT2D eigenvalue weighted by Crippen LogP contribution is -2.71. The number of imide groups is 1. The van der Waals surface area contributed by atoms with E-state index in [2.05, 4.69) is 5.32 Å². The maximum atomic E-state index is 14.9. The van der Waals surface area contributed by atoms with E-state index in [4.69, 9.17) is 15.7 Å². The predicted octanol–water partition coefficient (Wildman–Crippen LogP) is 3.25. The summed E-state index contributed by atoms with van der Waals surface area (Å²) in [7, 11) is 0. The van der Waals surface area contributed by atoms with Gasteiger partial charge in [-0.3, -0.25) is 24.7 Å². The lowest BCUT2D eigenvalue weighted by atomic mass is 9.89. The standard InChI is InChI=1S/C26H26ClF2N5O5/c1-31(15-4-2-14(27)3-5-15)25(37)33-12-18(13-33)34(26(38)39)17-10-32(11-17)16-8-20(28)23(21(29)9-16)19-6-7-22(35)30-24(19)36/h2-5,8-9,17-19H,6-7,10-13H2,1H3,(H,38,39)(H,30,35,36)/i1D3. The Morgan fingerprint density at radius 3 is 2.26 bits per heavy atom. The van der Waals surface area contributed by atoms with Gasteiger partial charge in [0.15, 0.2) is 0 Å². The number of likely N-dealkylation sites (tertiary alicyclic amines) is 1. The summed E-state index contributed by atoms with van der Waals surface area (Å²) in [5.74, 6) is -4.27. The first-order chi connectivity index (χ1) is 19.7. The number of piperidine rings is 1. The van der Waals surface area contributed by atoms with Gasteiger partial charge in [-0.2, -0.15) is 0 Å². The molecule has 10 nitrogen and oxygen atoms in total. The molecule has 2 aromatic rings. The van der Waals surface area contributed by atoms with E-state index in [9.17, 15) is 33.1 Å². The number of halogens is 3. The number of urea groups is 1. The van der Waals surface area contributed by atoms with Crippen LogP contribution in [0.2, 0.25) is 5.02 Å². The molecule has 3 saturated heterocycles. The molecule has 3 aliphatic heterocycles. The summed E-state index contributed by atoms with van der Waals surface area (Å²) in [6.07, 6.45) is -1.29. The van der Waals surface area contributed by atoms with Crippen LogP contribution in [0.1, 0.15) is 28.4 Å². The summed E-state index contributed by atoms with van der Waals surface area (Å²) in [4.78, 5) is 53.4. The van der Waals surface area contributed by atoms with Gasteiger partial charge in [0, 0.05) is 65.6 Å². The van der Waals surface area contributed by atoms with Crippen molar-refractivity contribution in [2.45, 2.75) is 30.8 Å². The Bertz CT molecular complexity index is 1410. The second kappa shape index (κ2) is 10.3. The molecule has 3 aliphatic rings. The van der Waals surface area contributed by atoms with Crippen molar-refractivity contribution in [1.82, 2.24) is 15.1 Å². The quantitative estimate of drug-likeness (QED) is 0.539. The van der Waals surface area contributed by atoms with Gasteiger partial charge in [-0.15, -0.1) is 0 Å². The van der Waals surface area contributed by atoms with Crippen molar-refractivity contribution in [3.63, 3.8) is 0 Å². The third-order valence-corrected chi connectivity index (χ3v) is 7.55. The van der Waals surface area contributed by atoms with E-state index in [0.717, 1.165) is 12.1 Å². The molecule has 5 rings (SSSR count). The Morgan fingerprint density at radius 2 is 1.69 bits per heavy atom. The first-order valence-corrected chi connectivity index (χ1v) is 12.6. The van der Waals surface area contributed by atoms with Crippen LogP contribution in [-0.2, 0) is 9.59 Å². The van der Waals surface area contributed by atoms with Crippen LogP contribution in [0, 0.1) is 11.6 Å². The fourth-order valence-electron chi connectivity index (χ4n) is 5.14. The number of hydrogen-bond acceptors (Lipinski definition) is 5. The Labute approximate surface area is 231 Å². The minimum atomic E-state index is -2.80. The molecule has 0 bridgehead atoms. The molecule has 39 heavy (non-hydrogen) atoms. The third kappa shape index (κ3) is 5.08. The van der Waals surface area contributed by atoms with E-state index in [1.54, 1.807) is 4.90 Å². The molecule has 0 spiro atoms. The molecular weight excluding hydrogens is 536 g/mol. The SMILES string of the molecule is [2H]C([2H])([2H])N(C(=O)N1CC(N(C(=O)O)C2CN(c3cc(F)c(C4CCC(=O)NC4=O)c(F)c3)C2)C1)c1ccc(Cl)cc1. The molecule has 5 amide bonds. The first-order valence-electron chi connectivity index (χ1n) is 13.7. The molecule has 0 saturated carbocycles. The van der Waals surface area contributed by atoms with Crippen LogP contribution in [0.25, 0.3) is 0 Å². The average molecular weight is 565 g/mol. The van der Waals surface area contributed by atoms with Crippen LogP contribution in [0.15, 0.2) is 36.4 Å². The van der Waals surface area contributed by atoms with E-state index in [-0.39, 0.29) is 50.4 Å². The maximum absolute atomic E-state index is 14.9. The van der Waals surface area contributed by atoms with Gasteiger partial charge in [-0.25, -0.2) is 18.4 Å². The molecule has 13 heteroatoms. The highest BCUT2D eigenvalue weighted by atomic mass is 35.5. The number of nitrogens with one attached hydrogen (secondary N) is 1. The Kier molecular flexibility index (Phi) is 6.09. The van der Waals surface area contributed by atoms with Crippen molar-refractivity contribution in [3.8, 4) is 0 Å². The minimum Gasteiger partial charge on any atom is -0.465 e. The monoisotopic (exact) mass is 564 g/mol. The Balaban J connectivity index is 1.23. The molecule has 0 radical (unpaired) electrons. The molecule has 1 atom stereocenters. The molecule has 3 fully saturated rings. The van der Waals surface area contributed by atoms with Gasteiger partial charge in [0.25, 0.3) is 0 Å². The van der Waals surface area contributed by atoms with E-state index < -0.39 is 66.1 Å². The maximum Gasteiger partial charge on any atom is 0.408 e. The summed E-state index contributed by atoms with van der Waals surface area (Å²) >= 11 is 5.88. The van der Waals surface area contributed by atoms with Crippen LogP contribution in [0.3, 0.4) is 0 Å². The topological polar surface area (TPSA) is 114 Å². The van der Waals surface area contributed by atoms with Crippen molar-refractivity contribution in [2.24, 2.45) is 0 Å². The van der Waals surface area contributed by atoms with Crippen molar-refractivity contribution in [3.05, 3.63) is 58.6 Å². The van der Waals surface area contributed by atoms with Gasteiger partial charge >= 0.3 is 12.1 Å². The van der Waals surface area contributed by atoms with Gasteiger partial charge in [0.2, 0.25) is 11.8 Å². The van der Waals surface area contributed by atoms with Crippen molar-refractivity contribution in [1.29, 1.82) is 0 Å². The minimum absolute atomic E-state index is 0.0120. The van der Waals surface area contributed by atoms with Crippen LogP contribution in [0.4, 0.5) is 29.7 Å². The number of amides is 5. The third-order valence-electron chi connectivity index (χ3n) is 7.30. The second-order valence-electron chi connectivity index (χ2n) is 9.73. The smallest absolute Gasteiger partial charge is 0.408 e. The molecule has 0 aromatic heterocycles. The van der Waals surface area contributed by atoms with Crippen LogP contribution < -0.4 is 15.1 Å². The fraction of sp³-hybridized carbons (Fsp3) is 0.385. The lowest BCUT2D eigenvalue weighted by molar-refractivity contribution is -0.134. The molecule has 206 valence electrons. The Hall–Kier alpha value is -3.93. The normalized spacial score (nSPS) is 21.2. The lowest BCUT2D eigenvalue weighted by Gasteiger charge is -2.52. The van der Waals surface area contributed by atoms with E-state index in [1.807, 2.05) is 0 Å². The zero-order chi connectivity index (χ0) is 30.5. The highest BCUT2D eigenvalue weighted by Gasteiger charge is 2.45. The van der Waals surface area contributed by atoms with E-state index >= 15 is 0 Å². The van der Waals surface area contributed by atoms with Crippen molar-refractivity contribution < 1.29 is 37.2 Å². The van der Waals surface area contributed by atoms with Gasteiger partial charge in [-0.05, 0) is 42.8 Å². The van der Waals surface area contributed by atoms with Gasteiger partial charge in [0.1, 0.15) is 11.6 Å². The summed E-state index contributed by atoms with van der Waals surface area (Å²) in [5.41, 5.74) is -0.137. The van der Waals surface area contributed by atoms with Crippen LogP contribution in [0.5, 0.6) is 0 Å². The highest BCUT2D eigenvalue weighted by molar-refractivity contribution is 6.30. The number of anilines is 2. The molecule has 2 N–H and O–H groups in total. The van der Waals surface area contributed by atoms with Crippen LogP contribution in [-0.4, -0.2) is 84.1 Å². The van der Waals surface area contributed by atoms with Gasteiger partial charge in [0.05, 0.1) is 18.0 Å². The highest BCUT2D eigenvalue weighted by Crippen LogP contribution is 2.34. The number of carbonyl (C=O) groups excluding carboxylic acids is 3. The molecule has 0 aliphatic carbocycles. The van der Waals surface area contributed by atoms with E-state index in [1.165, 1.54) is 34.1 Å². The molecule has 2 aromatic carbocycles. The number of rotatable bonds is 5. The number of carboxylic acid groups (broad SMARTS) is 1. The largest absolute Gasteiger partial charge is 0.465 e. The summed E-state index contributed by atoms with van der Waals surface area (Å²) in [6.45, 7) is -2.62. The zero-order valence-corrected chi connectivity index (χ0v) is 21.2. The predicted molar refractivity (Wildman–Crippen MR) is 138 cm³/mol. The molecule has 1 unspecified atom stereocenters.